The van der Waals surface area contributed by atoms with Crippen molar-refractivity contribution in [1.29, 1.82) is 0 Å². The molecule has 0 saturated carbocycles. The Morgan fingerprint density at radius 2 is 1.92 bits per heavy atom. The minimum absolute atomic E-state index is 0.364. The summed E-state index contributed by atoms with van der Waals surface area (Å²) < 4.78 is 9.82. The molecule has 0 spiro atoms. The van der Waals surface area contributed by atoms with E-state index in [9.17, 15) is 4.79 Å². The second-order valence-electron chi connectivity index (χ2n) is 3.65. The van der Waals surface area contributed by atoms with Crippen LogP contribution in [0.2, 0.25) is 0 Å². The minimum atomic E-state index is -0.566. The molecule has 0 aromatic carbocycles. The molecule has 0 amide bonds. The highest BCUT2D eigenvalue weighted by Crippen LogP contribution is 2.18. The molecule has 0 aliphatic heterocycles. The van der Waals surface area contributed by atoms with Gasteiger partial charge in [0.15, 0.2) is 0 Å². The number of unbranched alkanes of at least 4 members (excludes halogenated alkanes) is 1. The summed E-state index contributed by atoms with van der Waals surface area (Å²) in [6, 6.07) is 0. The van der Waals surface area contributed by atoms with E-state index in [0.29, 0.717) is 6.61 Å². The third-order valence-electron chi connectivity index (χ3n) is 1.75. The van der Waals surface area contributed by atoms with Crippen LogP contribution in [-0.4, -0.2) is 18.4 Å². The Bertz CT molecular complexity index is 152. The van der Waals surface area contributed by atoms with Gasteiger partial charge in [0, 0.05) is 0 Å². The molecule has 0 atom stereocenters. The average molecular weight is 188 g/mol. The molecule has 0 rings (SSSR count). The Morgan fingerprint density at radius 3 is 2.38 bits per heavy atom. The largest absolute Gasteiger partial charge is 0.508 e. The zero-order valence-electron chi connectivity index (χ0n) is 9.05. The smallest absolute Gasteiger partial charge is 0.435 e. The lowest BCUT2D eigenvalue weighted by Crippen LogP contribution is -2.28. The zero-order chi connectivity index (χ0) is 10.3. The van der Waals surface area contributed by atoms with Crippen molar-refractivity contribution >= 4 is 6.16 Å². The maximum atomic E-state index is 11.0. The molecule has 0 N–H and O–H groups in total. The standard InChI is InChI=1S/C10H20O3/c1-5-7-8-10(3,4)13-9(11)12-6-2/h5-8H2,1-4H3. The molecule has 0 radical (unpaired) electrons. The van der Waals surface area contributed by atoms with E-state index in [2.05, 4.69) is 6.92 Å². The molecule has 0 heterocycles. The number of hydrogen-bond acceptors (Lipinski definition) is 3. The molecule has 0 aliphatic carbocycles. The van der Waals surface area contributed by atoms with E-state index in [1.165, 1.54) is 0 Å². The first kappa shape index (κ1) is 12.3. The van der Waals surface area contributed by atoms with Crippen LogP contribution < -0.4 is 0 Å². The fraction of sp³-hybridized carbons (Fsp3) is 0.900. The molecule has 0 fully saturated rings. The summed E-state index contributed by atoms with van der Waals surface area (Å²) >= 11 is 0. The second-order valence-corrected chi connectivity index (χ2v) is 3.65. The van der Waals surface area contributed by atoms with Crippen LogP contribution >= 0.6 is 0 Å². The van der Waals surface area contributed by atoms with Gasteiger partial charge in [0.25, 0.3) is 0 Å². The normalized spacial score (nSPS) is 11.1. The topological polar surface area (TPSA) is 35.5 Å². The molecule has 0 bridgehead atoms. The van der Waals surface area contributed by atoms with E-state index in [1.54, 1.807) is 6.92 Å². The summed E-state index contributed by atoms with van der Waals surface area (Å²) in [5, 5.41) is 0. The summed E-state index contributed by atoms with van der Waals surface area (Å²) in [4.78, 5) is 11.0. The molecule has 0 aromatic heterocycles. The molecule has 3 heteroatoms. The van der Waals surface area contributed by atoms with Gasteiger partial charge < -0.3 is 9.47 Å². The fourth-order valence-corrected chi connectivity index (χ4v) is 1.03. The summed E-state index contributed by atoms with van der Waals surface area (Å²) in [5.41, 5.74) is -0.401. The van der Waals surface area contributed by atoms with Crippen molar-refractivity contribution in [3.8, 4) is 0 Å². The lowest BCUT2D eigenvalue weighted by molar-refractivity contribution is -0.0193. The monoisotopic (exact) mass is 188 g/mol. The van der Waals surface area contributed by atoms with Gasteiger partial charge in [-0.05, 0) is 33.6 Å². The van der Waals surface area contributed by atoms with Crippen molar-refractivity contribution in [1.82, 2.24) is 0 Å². The van der Waals surface area contributed by atoms with E-state index in [4.69, 9.17) is 9.47 Å². The van der Waals surface area contributed by atoms with Crippen molar-refractivity contribution in [2.24, 2.45) is 0 Å². The number of ether oxygens (including phenoxy) is 2. The van der Waals surface area contributed by atoms with Crippen molar-refractivity contribution in [2.45, 2.75) is 52.6 Å². The average Bonchev–Trinajstić information content (AvgIpc) is 2.00. The summed E-state index contributed by atoms with van der Waals surface area (Å²) in [5.74, 6) is 0. The van der Waals surface area contributed by atoms with Crippen LogP contribution in [0.15, 0.2) is 0 Å². The molecular weight excluding hydrogens is 168 g/mol. The van der Waals surface area contributed by atoms with E-state index in [0.717, 1.165) is 19.3 Å². The van der Waals surface area contributed by atoms with Gasteiger partial charge in [-0.1, -0.05) is 13.3 Å². The van der Waals surface area contributed by atoms with Crippen LogP contribution in [0.3, 0.4) is 0 Å². The SMILES string of the molecule is CCCCC(C)(C)OC(=O)OCC. The molecule has 13 heavy (non-hydrogen) atoms. The van der Waals surface area contributed by atoms with E-state index < -0.39 is 11.8 Å². The van der Waals surface area contributed by atoms with E-state index >= 15 is 0 Å². The number of carbonyl (C=O) groups excluding carboxylic acids is 1. The number of rotatable bonds is 5. The van der Waals surface area contributed by atoms with Gasteiger partial charge in [-0.2, -0.15) is 0 Å². The highest BCUT2D eigenvalue weighted by Gasteiger charge is 2.22. The Kier molecular flexibility index (Phi) is 5.51. The first-order chi connectivity index (χ1) is 6.02. The fourth-order valence-electron chi connectivity index (χ4n) is 1.03. The van der Waals surface area contributed by atoms with Gasteiger partial charge in [0.2, 0.25) is 0 Å². The first-order valence-corrected chi connectivity index (χ1v) is 4.87. The minimum Gasteiger partial charge on any atom is -0.435 e. The van der Waals surface area contributed by atoms with Crippen LogP contribution in [0.4, 0.5) is 4.79 Å². The van der Waals surface area contributed by atoms with Crippen LogP contribution in [0.5, 0.6) is 0 Å². The van der Waals surface area contributed by atoms with Gasteiger partial charge in [-0.25, -0.2) is 4.79 Å². The molecule has 0 saturated heterocycles. The van der Waals surface area contributed by atoms with Gasteiger partial charge in [-0.3, -0.25) is 0 Å². The Hall–Kier alpha value is -0.730. The van der Waals surface area contributed by atoms with E-state index in [1.807, 2.05) is 13.8 Å². The first-order valence-electron chi connectivity index (χ1n) is 4.87. The predicted molar refractivity (Wildman–Crippen MR) is 51.7 cm³/mol. The lowest BCUT2D eigenvalue weighted by atomic mass is 10.0. The van der Waals surface area contributed by atoms with Crippen molar-refractivity contribution in [2.75, 3.05) is 6.61 Å². The zero-order valence-corrected chi connectivity index (χ0v) is 9.05. The van der Waals surface area contributed by atoms with E-state index in [-0.39, 0.29) is 0 Å². The van der Waals surface area contributed by atoms with Crippen LogP contribution in [-0.2, 0) is 9.47 Å². The highest BCUT2D eigenvalue weighted by atomic mass is 16.7. The van der Waals surface area contributed by atoms with Crippen molar-refractivity contribution in [3.63, 3.8) is 0 Å². The van der Waals surface area contributed by atoms with Gasteiger partial charge in [0.05, 0.1) is 6.61 Å². The molecule has 0 aliphatic rings. The van der Waals surface area contributed by atoms with Gasteiger partial charge >= 0.3 is 6.16 Å². The van der Waals surface area contributed by atoms with Crippen molar-refractivity contribution < 1.29 is 14.3 Å². The third-order valence-corrected chi connectivity index (χ3v) is 1.75. The molecule has 3 nitrogen and oxygen atoms in total. The summed E-state index contributed by atoms with van der Waals surface area (Å²) in [6.07, 6.45) is 2.48. The predicted octanol–water partition coefficient (Wildman–Crippen LogP) is 3.13. The number of hydrogen-bond donors (Lipinski definition) is 0. The molecule has 78 valence electrons. The lowest BCUT2D eigenvalue weighted by Gasteiger charge is -2.23. The van der Waals surface area contributed by atoms with Gasteiger partial charge in [-0.15, -0.1) is 0 Å². The van der Waals surface area contributed by atoms with Crippen LogP contribution in [0.25, 0.3) is 0 Å². The van der Waals surface area contributed by atoms with Crippen LogP contribution in [0, 0.1) is 0 Å². The third kappa shape index (κ3) is 6.43. The van der Waals surface area contributed by atoms with Crippen LogP contribution in [0.1, 0.15) is 47.0 Å². The Labute approximate surface area is 80.4 Å². The highest BCUT2D eigenvalue weighted by molar-refractivity contribution is 5.60. The second kappa shape index (κ2) is 5.84. The molecule has 0 unspecified atom stereocenters. The maximum Gasteiger partial charge on any atom is 0.508 e. The molecule has 0 aromatic rings. The Morgan fingerprint density at radius 1 is 1.31 bits per heavy atom. The number of carbonyl (C=O) groups is 1. The maximum absolute atomic E-state index is 11.0. The Balaban J connectivity index is 3.79. The molecular formula is C10H20O3. The quantitative estimate of drug-likeness (QED) is 0.622. The summed E-state index contributed by atoms with van der Waals surface area (Å²) in [7, 11) is 0. The van der Waals surface area contributed by atoms with Gasteiger partial charge in [0.1, 0.15) is 5.60 Å². The summed E-state index contributed by atoms with van der Waals surface area (Å²) in [6.45, 7) is 8.04. The van der Waals surface area contributed by atoms with Crippen molar-refractivity contribution in [3.05, 3.63) is 0 Å².